The molecule has 0 aliphatic carbocycles. The first-order valence-corrected chi connectivity index (χ1v) is 7.13. The lowest BCUT2D eigenvalue weighted by atomic mass is 9.92. The first-order chi connectivity index (χ1) is 8.65. The Morgan fingerprint density at radius 2 is 2.39 bits per heavy atom. The molecule has 0 saturated carbocycles. The van der Waals surface area contributed by atoms with Crippen molar-refractivity contribution in [1.82, 2.24) is 9.88 Å². The zero-order valence-electron chi connectivity index (χ0n) is 10.5. The van der Waals surface area contributed by atoms with E-state index in [-0.39, 0.29) is 12.0 Å². The minimum atomic E-state index is -0.240. The standard InChI is InChI=1S/C12H19N3O2S/c1-9(16)10-2-5-15(6-3-10)8-11(17)14-12-13-4-7-18-12/h4,7,9-10,16H,2-3,5-6,8H2,1H3,(H,13,14,17). The zero-order chi connectivity index (χ0) is 13.0. The van der Waals surface area contributed by atoms with Crippen LogP contribution in [0.25, 0.3) is 0 Å². The lowest BCUT2D eigenvalue weighted by Crippen LogP contribution is -2.41. The Morgan fingerprint density at radius 3 is 2.94 bits per heavy atom. The molecule has 2 heterocycles. The Labute approximate surface area is 111 Å². The van der Waals surface area contributed by atoms with Crippen molar-refractivity contribution in [1.29, 1.82) is 0 Å². The van der Waals surface area contributed by atoms with Gasteiger partial charge in [0.05, 0.1) is 12.6 Å². The number of nitrogens with zero attached hydrogens (tertiary/aromatic N) is 2. The first-order valence-electron chi connectivity index (χ1n) is 6.25. The summed E-state index contributed by atoms with van der Waals surface area (Å²) in [6.45, 7) is 4.00. The van der Waals surface area contributed by atoms with E-state index in [1.165, 1.54) is 11.3 Å². The second-order valence-corrected chi connectivity index (χ2v) is 5.63. The van der Waals surface area contributed by atoms with Crippen LogP contribution >= 0.6 is 11.3 Å². The Kier molecular flexibility index (Phi) is 4.68. The molecule has 1 unspecified atom stereocenters. The van der Waals surface area contributed by atoms with E-state index in [1.54, 1.807) is 6.20 Å². The van der Waals surface area contributed by atoms with E-state index in [9.17, 15) is 9.90 Å². The summed E-state index contributed by atoms with van der Waals surface area (Å²) in [5.41, 5.74) is 0. The maximum atomic E-state index is 11.8. The van der Waals surface area contributed by atoms with E-state index in [0.29, 0.717) is 17.6 Å². The van der Waals surface area contributed by atoms with Crippen LogP contribution in [0.5, 0.6) is 0 Å². The SMILES string of the molecule is CC(O)C1CCN(CC(=O)Nc2nccs2)CC1. The summed E-state index contributed by atoms with van der Waals surface area (Å²) in [6, 6.07) is 0. The van der Waals surface area contributed by atoms with Crippen LogP contribution in [-0.4, -0.2) is 46.6 Å². The number of rotatable bonds is 4. The number of carbonyl (C=O) groups excluding carboxylic acids is 1. The van der Waals surface area contributed by atoms with Crippen LogP contribution < -0.4 is 5.32 Å². The summed E-state index contributed by atoms with van der Waals surface area (Å²) in [7, 11) is 0. The summed E-state index contributed by atoms with van der Waals surface area (Å²) < 4.78 is 0. The molecule has 1 aromatic rings. The number of hydrogen-bond acceptors (Lipinski definition) is 5. The molecule has 2 N–H and O–H groups in total. The number of anilines is 1. The molecule has 18 heavy (non-hydrogen) atoms. The van der Waals surface area contributed by atoms with Gasteiger partial charge < -0.3 is 10.4 Å². The van der Waals surface area contributed by atoms with Gasteiger partial charge in [-0.25, -0.2) is 4.98 Å². The fourth-order valence-electron chi connectivity index (χ4n) is 2.24. The molecular formula is C12H19N3O2S. The van der Waals surface area contributed by atoms with Crippen molar-refractivity contribution in [3.8, 4) is 0 Å². The second-order valence-electron chi connectivity index (χ2n) is 4.74. The van der Waals surface area contributed by atoms with Gasteiger partial charge in [0.1, 0.15) is 0 Å². The van der Waals surface area contributed by atoms with E-state index in [2.05, 4.69) is 15.2 Å². The van der Waals surface area contributed by atoms with E-state index in [4.69, 9.17) is 0 Å². The van der Waals surface area contributed by atoms with Crippen LogP contribution in [0.15, 0.2) is 11.6 Å². The molecule has 1 atom stereocenters. The fraction of sp³-hybridized carbons (Fsp3) is 0.667. The number of thiazole rings is 1. The molecule has 1 fully saturated rings. The van der Waals surface area contributed by atoms with Gasteiger partial charge in [0.2, 0.25) is 5.91 Å². The van der Waals surface area contributed by atoms with Crippen molar-refractivity contribution in [2.75, 3.05) is 25.0 Å². The smallest absolute Gasteiger partial charge is 0.240 e. The van der Waals surface area contributed by atoms with Crippen molar-refractivity contribution >= 4 is 22.4 Å². The maximum Gasteiger partial charge on any atom is 0.240 e. The highest BCUT2D eigenvalue weighted by molar-refractivity contribution is 7.13. The molecule has 1 amide bonds. The van der Waals surface area contributed by atoms with Gasteiger partial charge in [-0.05, 0) is 38.8 Å². The van der Waals surface area contributed by atoms with Gasteiger partial charge in [-0.15, -0.1) is 11.3 Å². The van der Waals surface area contributed by atoms with E-state index in [1.807, 2.05) is 12.3 Å². The fourth-order valence-corrected chi connectivity index (χ4v) is 2.79. The van der Waals surface area contributed by atoms with Crippen LogP contribution in [0.3, 0.4) is 0 Å². The Bertz CT molecular complexity index is 373. The van der Waals surface area contributed by atoms with E-state index < -0.39 is 0 Å². The van der Waals surface area contributed by atoms with Crippen molar-refractivity contribution < 1.29 is 9.90 Å². The largest absolute Gasteiger partial charge is 0.393 e. The molecule has 0 bridgehead atoms. The lowest BCUT2D eigenvalue weighted by molar-refractivity contribution is -0.117. The summed E-state index contributed by atoms with van der Waals surface area (Å²) in [6.07, 6.45) is 3.36. The molecule has 0 radical (unpaired) electrons. The van der Waals surface area contributed by atoms with Crippen molar-refractivity contribution in [2.24, 2.45) is 5.92 Å². The molecule has 0 spiro atoms. The van der Waals surface area contributed by atoms with E-state index >= 15 is 0 Å². The van der Waals surface area contributed by atoms with Crippen LogP contribution in [0.4, 0.5) is 5.13 Å². The third-order valence-corrected chi connectivity index (χ3v) is 4.05. The zero-order valence-corrected chi connectivity index (χ0v) is 11.3. The monoisotopic (exact) mass is 269 g/mol. The number of hydrogen-bond donors (Lipinski definition) is 2. The van der Waals surface area contributed by atoms with Crippen LogP contribution in [0, 0.1) is 5.92 Å². The number of aromatic nitrogens is 1. The molecule has 6 heteroatoms. The third kappa shape index (κ3) is 3.76. The molecule has 1 saturated heterocycles. The second kappa shape index (κ2) is 6.26. The number of piperidine rings is 1. The average molecular weight is 269 g/mol. The Morgan fingerprint density at radius 1 is 1.67 bits per heavy atom. The van der Waals surface area contributed by atoms with Gasteiger partial charge in [0.25, 0.3) is 0 Å². The highest BCUT2D eigenvalue weighted by Gasteiger charge is 2.23. The third-order valence-electron chi connectivity index (χ3n) is 3.36. The van der Waals surface area contributed by atoms with Crippen LogP contribution in [0.2, 0.25) is 0 Å². The quantitative estimate of drug-likeness (QED) is 0.861. The number of nitrogens with one attached hydrogen (secondary N) is 1. The molecule has 1 aliphatic heterocycles. The van der Waals surface area contributed by atoms with Gasteiger partial charge in [-0.2, -0.15) is 0 Å². The van der Waals surface area contributed by atoms with Crippen molar-refractivity contribution in [3.63, 3.8) is 0 Å². The number of carbonyl (C=O) groups is 1. The minimum Gasteiger partial charge on any atom is -0.393 e. The summed E-state index contributed by atoms with van der Waals surface area (Å²) in [5, 5.41) is 14.8. The highest BCUT2D eigenvalue weighted by atomic mass is 32.1. The van der Waals surface area contributed by atoms with Crippen molar-refractivity contribution in [2.45, 2.75) is 25.9 Å². The molecule has 2 rings (SSSR count). The summed E-state index contributed by atoms with van der Waals surface area (Å²) in [4.78, 5) is 17.9. The molecule has 100 valence electrons. The molecular weight excluding hydrogens is 250 g/mol. The molecule has 5 nitrogen and oxygen atoms in total. The first kappa shape index (κ1) is 13.5. The number of aliphatic hydroxyl groups is 1. The van der Waals surface area contributed by atoms with Gasteiger partial charge in [0.15, 0.2) is 5.13 Å². The summed E-state index contributed by atoms with van der Waals surface area (Å²) >= 11 is 1.42. The average Bonchev–Trinajstić information content (AvgIpc) is 2.82. The van der Waals surface area contributed by atoms with Gasteiger partial charge in [0, 0.05) is 11.6 Å². The predicted octanol–water partition coefficient (Wildman–Crippen LogP) is 1.17. The molecule has 1 aliphatic rings. The highest BCUT2D eigenvalue weighted by Crippen LogP contribution is 2.20. The molecule has 1 aromatic heterocycles. The normalized spacial score (nSPS) is 19.7. The Hall–Kier alpha value is -0.980. The maximum absolute atomic E-state index is 11.8. The molecule has 0 aromatic carbocycles. The van der Waals surface area contributed by atoms with Crippen LogP contribution in [0.1, 0.15) is 19.8 Å². The lowest BCUT2D eigenvalue weighted by Gasteiger charge is -2.32. The van der Waals surface area contributed by atoms with E-state index in [0.717, 1.165) is 25.9 Å². The number of amides is 1. The topological polar surface area (TPSA) is 65.5 Å². The number of likely N-dealkylation sites (tertiary alicyclic amines) is 1. The van der Waals surface area contributed by atoms with Gasteiger partial charge in [-0.1, -0.05) is 0 Å². The van der Waals surface area contributed by atoms with Gasteiger partial charge in [-0.3, -0.25) is 9.69 Å². The Balaban J connectivity index is 1.73. The van der Waals surface area contributed by atoms with Crippen molar-refractivity contribution in [3.05, 3.63) is 11.6 Å². The summed E-state index contributed by atoms with van der Waals surface area (Å²) in [5.74, 6) is 0.365. The predicted molar refractivity (Wildman–Crippen MR) is 71.6 cm³/mol. The van der Waals surface area contributed by atoms with Crippen LogP contribution in [-0.2, 0) is 4.79 Å². The number of aliphatic hydroxyl groups excluding tert-OH is 1. The van der Waals surface area contributed by atoms with Gasteiger partial charge >= 0.3 is 0 Å². The minimum absolute atomic E-state index is 0.0135.